The molecule has 0 rings (SSSR count). The maximum atomic E-state index is 8.82. The second-order valence-corrected chi connectivity index (χ2v) is 3.51. The van der Waals surface area contributed by atoms with Crippen LogP contribution in [0.5, 0.6) is 0 Å². The summed E-state index contributed by atoms with van der Waals surface area (Å²) < 4.78 is 0. The van der Waals surface area contributed by atoms with E-state index in [1.807, 2.05) is 6.92 Å². The van der Waals surface area contributed by atoms with Crippen molar-refractivity contribution in [2.45, 2.75) is 40.5 Å². The molecule has 0 aliphatic heterocycles. The van der Waals surface area contributed by atoms with Crippen LogP contribution in [0.4, 0.5) is 0 Å². The van der Waals surface area contributed by atoms with Crippen molar-refractivity contribution in [2.24, 2.45) is 5.41 Å². The summed E-state index contributed by atoms with van der Waals surface area (Å²) in [7, 11) is 0. The Bertz CT molecular complexity index is 182. The van der Waals surface area contributed by atoms with E-state index < -0.39 is 0 Å². The third kappa shape index (κ3) is 3.83. The molecule has 62 valence electrons. The smallest absolute Gasteiger partial charge is 0.0689 e. The van der Waals surface area contributed by atoms with E-state index in [0.29, 0.717) is 0 Å². The Labute approximate surface area is 69.7 Å². The molecule has 0 amide bonds. The molecule has 1 heteroatoms. The van der Waals surface area contributed by atoms with Gasteiger partial charge in [0.25, 0.3) is 0 Å². The monoisotopic (exact) mass is 151 g/mol. The van der Waals surface area contributed by atoms with Crippen LogP contribution in [-0.2, 0) is 0 Å². The average molecular weight is 151 g/mol. The first-order valence-corrected chi connectivity index (χ1v) is 4.08. The standard InChI is InChI=1S/C10H17N/c1-5-10(4,8-11)7-6-9(2)3/h6H,5,7H2,1-4H3/t10-/m1/s1. The molecule has 0 aliphatic rings. The zero-order valence-corrected chi connectivity index (χ0v) is 7.94. The van der Waals surface area contributed by atoms with Gasteiger partial charge in [-0.1, -0.05) is 18.6 Å². The molecule has 0 spiro atoms. The zero-order valence-electron chi connectivity index (χ0n) is 7.94. The molecule has 0 fully saturated rings. The average Bonchev–Trinajstić information content (AvgIpc) is 2.00. The Morgan fingerprint density at radius 1 is 1.55 bits per heavy atom. The fourth-order valence-electron chi connectivity index (χ4n) is 0.698. The molecule has 0 aromatic carbocycles. The van der Waals surface area contributed by atoms with Gasteiger partial charge in [0.1, 0.15) is 0 Å². The summed E-state index contributed by atoms with van der Waals surface area (Å²) in [6.45, 7) is 8.19. The Morgan fingerprint density at radius 3 is 2.36 bits per heavy atom. The highest BCUT2D eigenvalue weighted by molar-refractivity contribution is 5.03. The van der Waals surface area contributed by atoms with Gasteiger partial charge in [0.15, 0.2) is 0 Å². The van der Waals surface area contributed by atoms with Gasteiger partial charge >= 0.3 is 0 Å². The van der Waals surface area contributed by atoms with Crippen molar-refractivity contribution in [3.05, 3.63) is 11.6 Å². The second kappa shape index (κ2) is 4.18. The van der Waals surface area contributed by atoms with Crippen molar-refractivity contribution in [3.63, 3.8) is 0 Å². The maximum absolute atomic E-state index is 8.82. The van der Waals surface area contributed by atoms with E-state index in [2.05, 4.69) is 32.9 Å². The second-order valence-electron chi connectivity index (χ2n) is 3.51. The molecule has 0 aromatic heterocycles. The molecule has 0 aromatic rings. The first-order valence-electron chi connectivity index (χ1n) is 4.08. The van der Waals surface area contributed by atoms with Crippen LogP contribution in [0.25, 0.3) is 0 Å². The van der Waals surface area contributed by atoms with Crippen molar-refractivity contribution in [3.8, 4) is 6.07 Å². The molecule has 0 heterocycles. The molecule has 0 radical (unpaired) electrons. The van der Waals surface area contributed by atoms with Crippen molar-refractivity contribution >= 4 is 0 Å². The fraction of sp³-hybridized carbons (Fsp3) is 0.700. The van der Waals surface area contributed by atoms with Gasteiger partial charge in [-0.05, 0) is 33.6 Å². The van der Waals surface area contributed by atoms with Gasteiger partial charge in [-0.2, -0.15) is 5.26 Å². The molecule has 0 unspecified atom stereocenters. The Hall–Kier alpha value is -0.770. The van der Waals surface area contributed by atoms with Crippen molar-refractivity contribution in [1.29, 1.82) is 5.26 Å². The molecule has 0 N–H and O–H groups in total. The predicted octanol–water partition coefficient (Wildman–Crippen LogP) is 3.28. The largest absolute Gasteiger partial charge is 0.198 e. The van der Waals surface area contributed by atoms with E-state index >= 15 is 0 Å². The summed E-state index contributed by atoms with van der Waals surface area (Å²) >= 11 is 0. The zero-order chi connectivity index (χ0) is 8.91. The van der Waals surface area contributed by atoms with E-state index in [-0.39, 0.29) is 5.41 Å². The summed E-state index contributed by atoms with van der Waals surface area (Å²) in [6, 6.07) is 2.34. The summed E-state index contributed by atoms with van der Waals surface area (Å²) in [6.07, 6.45) is 3.93. The van der Waals surface area contributed by atoms with E-state index in [0.717, 1.165) is 12.8 Å². The molecule has 1 atom stereocenters. The highest BCUT2D eigenvalue weighted by Crippen LogP contribution is 2.25. The summed E-state index contributed by atoms with van der Waals surface area (Å²) in [4.78, 5) is 0. The summed E-state index contributed by atoms with van der Waals surface area (Å²) in [5.74, 6) is 0. The molecule has 0 aliphatic carbocycles. The van der Waals surface area contributed by atoms with Crippen molar-refractivity contribution < 1.29 is 0 Å². The van der Waals surface area contributed by atoms with E-state index in [1.54, 1.807) is 0 Å². The van der Waals surface area contributed by atoms with Crippen LogP contribution in [0, 0.1) is 16.7 Å². The number of nitrogens with zero attached hydrogens (tertiary/aromatic N) is 1. The topological polar surface area (TPSA) is 23.8 Å². The van der Waals surface area contributed by atoms with Crippen LogP contribution >= 0.6 is 0 Å². The van der Waals surface area contributed by atoms with Crippen molar-refractivity contribution in [2.75, 3.05) is 0 Å². The van der Waals surface area contributed by atoms with Crippen LogP contribution in [0.3, 0.4) is 0 Å². The molecule has 0 saturated heterocycles. The molecule has 1 nitrogen and oxygen atoms in total. The summed E-state index contributed by atoms with van der Waals surface area (Å²) in [5.41, 5.74) is 1.14. The molecule has 11 heavy (non-hydrogen) atoms. The first kappa shape index (κ1) is 10.2. The van der Waals surface area contributed by atoms with Gasteiger partial charge in [-0.25, -0.2) is 0 Å². The van der Waals surface area contributed by atoms with Gasteiger partial charge in [0.05, 0.1) is 11.5 Å². The van der Waals surface area contributed by atoms with Crippen LogP contribution < -0.4 is 0 Å². The quantitative estimate of drug-likeness (QED) is 0.568. The maximum Gasteiger partial charge on any atom is 0.0689 e. The molecular formula is C10H17N. The Morgan fingerprint density at radius 2 is 2.09 bits per heavy atom. The lowest BCUT2D eigenvalue weighted by Crippen LogP contribution is -2.10. The van der Waals surface area contributed by atoms with Gasteiger partial charge in [0, 0.05) is 0 Å². The number of allylic oxidation sites excluding steroid dienone is 2. The lowest BCUT2D eigenvalue weighted by molar-refractivity contribution is 0.431. The van der Waals surface area contributed by atoms with E-state index in [4.69, 9.17) is 5.26 Å². The number of hydrogen-bond acceptors (Lipinski definition) is 1. The van der Waals surface area contributed by atoms with Gasteiger partial charge in [-0.3, -0.25) is 0 Å². The third-order valence-electron chi connectivity index (χ3n) is 2.01. The normalized spacial score (nSPS) is 14.8. The minimum Gasteiger partial charge on any atom is -0.198 e. The lowest BCUT2D eigenvalue weighted by Gasteiger charge is -2.16. The fourth-order valence-corrected chi connectivity index (χ4v) is 0.698. The highest BCUT2D eigenvalue weighted by Gasteiger charge is 2.18. The predicted molar refractivity (Wildman–Crippen MR) is 48.1 cm³/mol. The number of nitriles is 1. The van der Waals surface area contributed by atoms with Crippen LogP contribution in [0.1, 0.15) is 40.5 Å². The molecular weight excluding hydrogens is 134 g/mol. The van der Waals surface area contributed by atoms with Crippen molar-refractivity contribution in [1.82, 2.24) is 0 Å². The summed E-state index contributed by atoms with van der Waals surface area (Å²) in [5, 5.41) is 8.82. The SMILES string of the molecule is CC[C@@](C)(C#N)CC=C(C)C. The highest BCUT2D eigenvalue weighted by atomic mass is 14.3. The van der Waals surface area contributed by atoms with Crippen LogP contribution in [-0.4, -0.2) is 0 Å². The minimum absolute atomic E-state index is 0.155. The van der Waals surface area contributed by atoms with E-state index in [1.165, 1.54) is 5.57 Å². The first-order chi connectivity index (χ1) is 5.04. The van der Waals surface area contributed by atoms with Crippen LogP contribution in [0.2, 0.25) is 0 Å². The Balaban J connectivity index is 4.12. The van der Waals surface area contributed by atoms with Gasteiger partial charge in [-0.15, -0.1) is 0 Å². The van der Waals surface area contributed by atoms with Crippen LogP contribution in [0.15, 0.2) is 11.6 Å². The van der Waals surface area contributed by atoms with Gasteiger partial charge in [0.2, 0.25) is 0 Å². The Kier molecular flexibility index (Phi) is 3.89. The third-order valence-corrected chi connectivity index (χ3v) is 2.01. The minimum atomic E-state index is -0.155. The lowest BCUT2D eigenvalue weighted by atomic mass is 9.85. The number of rotatable bonds is 3. The van der Waals surface area contributed by atoms with Gasteiger partial charge < -0.3 is 0 Å². The van der Waals surface area contributed by atoms with E-state index in [9.17, 15) is 0 Å². The molecule has 0 saturated carbocycles. The molecule has 0 bridgehead atoms. The number of hydrogen-bond donors (Lipinski definition) is 0.